The zero-order valence-electron chi connectivity index (χ0n) is 39.4. The number of nitrogens with one attached hydrogen (secondary N) is 1. The highest BCUT2D eigenvalue weighted by Gasteiger charge is 2.20. The SMILES string of the molecule is CCCCCCCCCCCCCCCCCCNC(=O)CN(CCN(CCN(CC(=O)O)CC(=O)CCCCCCCCCCCCCCCCC)CC(=O)O)CC(=O)O. The van der Waals surface area contributed by atoms with Gasteiger partial charge in [0, 0.05) is 39.1 Å². The molecular formula is C49H94N4O8. The number of Topliss-reactive ketones (excluding diaryl/α,β-unsaturated/α-hetero) is 1. The summed E-state index contributed by atoms with van der Waals surface area (Å²) in [5, 5.41) is 31.4. The summed E-state index contributed by atoms with van der Waals surface area (Å²) < 4.78 is 0. The van der Waals surface area contributed by atoms with Gasteiger partial charge >= 0.3 is 17.9 Å². The van der Waals surface area contributed by atoms with Gasteiger partial charge in [0.25, 0.3) is 0 Å². The van der Waals surface area contributed by atoms with E-state index in [0.29, 0.717) is 13.0 Å². The van der Waals surface area contributed by atoms with Crippen LogP contribution < -0.4 is 5.32 Å². The van der Waals surface area contributed by atoms with Crippen LogP contribution in [0, 0.1) is 0 Å². The molecule has 12 heteroatoms. The van der Waals surface area contributed by atoms with Crippen LogP contribution in [0.4, 0.5) is 0 Å². The summed E-state index contributed by atoms with van der Waals surface area (Å²) in [6.07, 6.45) is 39.4. The second-order valence-corrected chi connectivity index (χ2v) is 17.8. The number of nitrogens with zero attached hydrogens (tertiary/aromatic N) is 3. The van der Waals surface area contributed by atoms with Crippen molar-refractivity contribution in [3.8, 4) is 0 Å². The van der Waals surface area contributed by atoms with Crippen molar-refractivity contribution in [3.63, 3.8) is 0 Å². The Morgan fingerprint density at radius 1 is 0.344 bits per heavy atom. The lowest BCUT2D eigenvalue weighted by Crippen LogP contribution is -2.46. The summed E-state index contributed by atoms with van der Waals surface area (Å²) in [5.41, 5.74) is 0. The van der Waals surface area contributed by atoms with Crippen molar-refractivity contribution >= 4 is 29.6 Å². The van der Waals surface area contributed by atoms with Crippen LogP contribution in [0.5, 0.6) is 0 Å². The highest BCUT2D eigenvalue weighted by molar-refractivity contribution is 5.81. The van der Waals surface area contributed by atoms with Crippen LogP contribution in [0.2, 0.25) is 0 Å². The molecule has 0 aliphatic carbocycles. The van der Waals surface area contributed by atoms with Crippen LogP contribution in [0.25, 0.3) is 0 Å². The van der Waals surface area contributed by atoms with Crippen molar-refractivity contribution in [2.75, 3.05) is 65.4 Å². The van der Waals surface area contributed by atoms with Crippen molar-refractivity contribution in [2.45, 2.75) is 219 Å². The summed E-state index contributed by atoms with van der Waals surface area (Å²) in [6.45, 7) is 4.52. The maximum Gasteiger partial charge on any atom is 0.317 e. The van der Waals surface area contributed by atoms with Crippen LogP contribution in [-0.4, -0.2) is 125 Å². The van der Waals surface area contributed by atoms with Crippen molar-refractivity contribution in [1.29, 1.82) is 0 Å². The van der Waals surface area contributed by atoms with E-state index < -0.39 is 17.9 Å². The fourth-order valence-electron chi connectivity index (χ4n) is 8.02. The van der Waals surface area contributed by atoms with Crippen LogP contribution in [-0.2, 0) is 24.0 Å². The monoisotopic (exact) mass is 867 g/mol. The van der Waals surface area contributed by atoms with Gasteiger partial charge in [-0.15, -0.1) is 0 Å². The summed E-state index contributed by atoms with van der Waals surface area (Å²) in [4.78, 5) is 65.0. The molecule has 0 aromatic carbocycles. The van der Waals surface area contributed by atoms with Crippen LogP contribution in [0.3, 0.4) is 0 Å². The van der Waals surface area contributed by atoms with E-state index in [-0.39, 0.29) is 70.6 Å². The van der Waals surface area contributed by atoms with E-state index in [4.69, 9.17) is 0 Å². The lowest BCUT2D eigenvalue weighted by molar-refractivity contribution is -0.141. The average Bonchev–Trinajstić information content (AvgIpc) is 3.20. The Bertz CT molecular complexity index is 1080. The minimum atomic E-state index is -1.09. The Hall–Kier alpha value is -2.57. The van der Waals surface area contributed by atoms with E-state index in [0.717, 1.165) is 38.5 Å². The van der Waals surface area contributed by atoms with Crippen molar-refractivity contribution in [2.24, 2.45) is 0 Å². The number of unbranched alkanes of at least 4 members (excludes halogenated alkanes) is 29. The minimum Gasteiger partial charge on any atom is -0.480 e. The van der Waals surface area contributed by atoms with Gasteiger partial charge in [-0.05, 0) is 12.8 Å². The first-order chi connectivity index (χ1) is 29.6. The molecule has 1 amide bonds. The van der Waals surface area contributed by atoms with Crippen LogP contribution in [0.1, 0.15) is 219 Å². The second kappa shape index (κ2) is 44.1. The Morgan fingerprint density at radius 3 is 0.967 bits per heavy atom. The number of rotatable bonds is 49. The van der Waals surface area contributed by atoms with E-state index in [9.17, 15) is 39.3 Å². The maximum atomic E-state index is 12.8. The zero-order chi connectivity index (χ0) is 45.0. The number of carboxylic acid groups (broad SMARTS) is 3. The zero-order valence-corrected chi connectivity index (χ0v) is 39.4. The molecule has 358 valence electrons. The molecule has 0 aromatic heterocycles. The smallest absolute Gasteiger partial charge is 0.317 e. The predicted molar refractivity (Wildman–Crippen MR) is 249 cm³/mol. The molecule has 0 aliphatic rings. The lowest BCUT2D eigenvalue weighted by Gasteiger charge is -2.28. The highest BCUT2D eigenvalue weighted by Crippen LogP contribution is 2.15. The molecule has 0 aromatic rings. The van der Waals surface area contributed by atoms with E-state index in [2.05, 4.69) is 19.2 Å². The molecule has 4 N–H and O–H groups in total. The third-order valence-corrected chi connectivity index (χ3v) is 11.7. The van der Waals surface area contributed by atoms with Gasteiger partial charge in [-0.1, -0.05) is 200 Å². The van der Waals surface area contributed by atoms with Gasteiger partial charge in [0.2, 0.25) is 5.91 Å². The van der Waals surface area contributed by atoms with Crippen molar-refractivity contribution < 1.29 is 39.3 Å². The third-order valence-electron chi connectivity index (χ3n) is 11.7. The topological polar surface area (TPSA) is 168 Å². The fourth-order valence-corrected chi connectivity index (χ4v) is 8.02. The summed E-state index contributed by atoms with van der Waals surface area (Å²) >= 11 is 0. The van der Waals surface area contributed by atoms with E-state index >= 15 is 0 Å². The Balaban J connectivity index is 4.40. The van der Waals surface area contributed by atoms with Crippen molar-refractivity contribution in [3.05, 3.63) is 0 Å². The van der Waals surface area contributed by atoms with Gasteiger partial charge in [-0.3, -0.25) is 38.7 Å². The van der Waals surface area contributed by atoms with E-state index in [1.165, 1.54) is 170 Å². The first-order valence-electron chi connectivity index (χ1n) is 25.2. The predicted octanol–water partition coefficient (Wildman–Crippen LogP) is 10.4. The van der Waals surface area contributed by atoms with Gasteiger partial charge in [0.1, 0.15) is 5.78 Å². The van der Waals surface area contributed by atoms with Crippen LogP contribution >= 0.6 is 0 Å². The number of amides is 1. The molecule has 0 heterocycles. The Labute approximate surface area is 372 Å². The first-order valence-corrected chi connectivity index (χ1v) is 25.2. The Morgan fingerprint density at radius 2 is 0.623 bits per heavy atom. The second-order valence-electron chi connectivity index (χ2n) is 17.8. The number of carboxylic acids is 3. The van der Waals surface area contributed by atoms with E-state index in [1.54, 1.807) is 4.90 Å². The highest BCUT2D eigenvalue weighted by atomic mass is 16.4. The molecule has 0 spiro atoms. The minimum absolute atomic E-state index is 0.0173. The number of carbonyl (C=O) groups is 5. The molecule has 0 rings (SSSR count). The standard InChI is InChI=1S/C49H94N4O8/c1-3-5-7-9-11-13-15-17-19-21-23-25-27-29-31-33-35-50-46(55)41-53(44-49(60)61)39-37-51(42-47(56)57)36-38-52(43-48(58)59)40-45(54)34-32-30-28-26-24-22-20-18-16-14-12-10-8-6-4-2/h3-44H2,1-2H3,(H,50,55)(H,56,57)(H,58,59)(H,60,61). The van der Waals surface area contributed by atoms with E-state index in [1.807, 2.05) is 0 Å². The number of carbonyl (C=O) groups excluding carboxylic acids is 2. The maximum absolute atomic E-state index is 12.8. The summed E-state index contributed by atoms with van der Waals surface area (Å²) in [7, 11) is 0. The van der Waals surface area contributed by atoms with Gasteiger partial charge < -0.3 is 20.6 Å². The fraction of sp³-hybridized carbons (Fsp3) is 0.898. The molecule has 0 saturated carbocycles. The number of hydrogen-bond donors (Lipinski definition) is 4. The quantitative estimate of drug-likeness (QED) is 0.0430. The molecule has 61 heavy (non-hydrogen) atoms. The molecule has 0 radical (unpaired) electrons. The lowest BCUT2D eigenvalue weighted by atomic mass is 10.0. The third kappa shape index (κ3) is 43.9. The molecule has 0 saturated heterocycles. The molecule has 0 unspecified atom stereocenters. The number of ketones is 1. The molecule has 0 bridgehead atoms. The normalized spacial score (nSPS) is 11.6. The Kier molecular flexibility index (Phi) is 42.2. The molecule has 0 atom stereocenters. The number of hydrogen-bond acceptors (Lipinski definition) is 8. The van der Waals surface area contributed by atoms with Gasteiger partial charge in [0.15, 0.2) is 0 Å². The van der Waals surface area contributed by atoms with Gasteiger partial charge in [0.05, 0.1) is 32.7 Å². The van der Waals surface area contributed by atoms with Gasteiger partial charge in [-0.2, -0.15) is 0 Å². The summed E-state index contributed by atoms with van der Waals surface area (Å²) in [6, 6.07) is 0. The average molecular weight is 867 g/mol. The molecular weight excluding hydrogens is 773 g/mol. The van der Waals surface area contributed by atoms with Crippen molar-refractivity contribution in [1.82, 2.24) is 20.0 Å². The first kappa shape index (κ1) is 58.4. The summed E-state index contributed by atoms with van der Waals surface area (Å²) in [5.74, 6) is -3.53. The molecule has 0 aliphatic heterocycles. The largest absolute Gasteiger partial charge is 0.480 e. The molecule has 12 nitrogen and oxygen atoms in total. The molecule has 0 fully saturated rings. The number of aliphatic carboxylic acids is 3. The van der Waals surface area contributed by atoms with Crippen LogP contribution in [0.15, 0.2) is 0 Å². The van der Waals surface area contributed by atoms with Gasteiger partial charge in [-0.25, -0.2) is 0 Å².